The van der Waals surface area contributed by atoms with Crippen LogP contribution in [0.25, 0.3) is 33.4 Å². The number of hydrogen-bond donors (Lipinski definition) is 0. The molecule has 2 aliphatic rings. The Morgan fingerprint density at radius 2 is 1.32 bits per heavy atom. The Balaban J connectivity index is 0.00000158. The molecule has 1 heterocycles. The number of fused-ring (bicyclic) bond motifs is 2. The van der Waals surface area contributed by atoms with Crippen LogP contribution < -0.4 is 5.43 Å². The van der Waals surface area contributed by atoms with Gasteiger partial charge in [-0.2, -0.15) is 4.39 Å². The molecule has 178 valence electrons. The molecule has 1 aliphatic heterocycles. The van der Waals surface area contributed by atoms with Crippen molar-refractivity contribution in [2.24, 2.45) is 5.18 Å². The fourth-order valence-electron chi connectivity index (χ4n) is 3.39. The molecule has 12 heteroatoms. The van der Waals surface area contributed by atoms with E-state index in [2.05, 4.69) is 5.18 Å². The molecule has 0 aromatic heterocycles. The van der Waals surface area contributed by atoms with Gasteiger partial charge in [-0.3, -0.25) is 4.79 Å². The Bertz CT molecular complexity index is 1480. The maximum Gasteiger partial charge on any atom is 0.253 e. The zero-order valence-electron chi connectivity index (χ0n) is 17.4. The molecule has 0 atom stereocenters. The highest BCUT2D eigenvalue weighted by Crippen LogP contribution is 2.46. The molecule has 0 amide bonds. The second kappa shape index (κ2) is 8.84. The maximum atomic E-state index is 14.8. The summed E-state index contributed by atoms with van der Waals surface area (Å²) in [4.78, 5) is 22.4. The number of hydrogen-bond acceptors (Lipinski definition) is 4. The lowest BCUT2D eigenvalue weighted by Gasteiger charge is -2.19. The number of nitrogens with zero attached hydrogens (tertiary/aromatic N) is 1. The van der Waals surface area contributed by atoms with Gasteiger partial charge in [-0.05, 0) is 29.8 Å². The van der Waals surface area contributed by atoms with Crippen molar-refractivity contribution in [2.75, 3.05) is 0 Å². The molecule has 0 saturated heterocycles. The van der Waals surface area contributed by atoms with Crippen molar-refractivity contribution >= 4 is 16.7 Å². The summed E-state index contributed by atoms with van der Waals surface area (Å²) in [6.45, 7) is 4.76. The van der Waals surface area contributed by atoms with Crippen LogP contribution in [0.5, 0.6) is 0 Å². The zero-order chi connectivity index (χ0) is 25.6. The van der Waals surface area contributed by atoms with Crippen LogP contribution in [-0.2, 0) is 0 Å². The molecule has 1 aliphatic carbocycles. The smallest absolute Gasteiger partial charge is 0.253 e. The van der Waals surface area contributed by atoms with Crippen LogP contribution in [-0.4, -0.2) is 0 Å². The van der Waals surface area contributed by atoms with Crippen molar-refractivity contribution in [1.29, 1.82) is 0 Å². The molecule has 34 heavy (non-hydrogen) atoms. The number of benzene rings is 3. The third-order valence-electron chi connectivity index (χ3n) is 4.87. The molecule has 2 aromatic carbocycles. The zero-order valence-corrected chi connectivity index (χ0v) is 17.4. The Morgan fingerprint density at radius 1 is 0.735 bits per heavy atom. The lowest BCUT2D eigenvalue weighted by atomic mass is 9.89. The van der Waals surface area contributed by atoms with Crippen molar-refractivity contribution in [1.82, 2.24) is 0 Å². The van der Waals surface area contributed by atoms with E-state index in [9.17, 15) is 44.8 Å². The first kappa shape index (κ1) is 24.8. The number of rotatable bonds is 2. The van der Waals surface area contributed by atoms with Crippen molar-refractivity contribution in [3.63, 3.8) is 0 Å². The fraction of sp³-hybridized carbons (Fsp3) is 0.136. The largest absolute Gasteiger partial charge is 0.450 e. The fourth-order valence-corrected chi connectivity index (χ4v) is 3.39. The van der Waals surface area contributed by atoms with Crippen LogP contribution in [0.2, 0.25) is 0 Å². The van der Waals surface area contributed by atoms with Crippen molar-refractivity contribution in [2.45, 2.75) is 20.8 Å². The number of nitroso groups, excluding NO2 is 1. The molecule has 0 saturated carbocycles. The van der Waals surface area contributed by atoms with E-state index in [4.69, 9.17) is 4.42 Å². The SMILES string of the molecule is CC.Cc1c(F)c(F)c(F)c(F)c1-c1c2cc(F)c(=O)c(F)c-2oc2c(F)c(N=O)c(F)cc12. The second-order valence-electron chi connectivity index (χ2n) is 6.60. The van der Waals surface area contributed by atoms with E-state index in [0.717, 1.165) is 6.92 Å². The summed E-state index contributed by atoms with van der Waals surface area (Å²) in [6, 6.07) is 0.630. The summed E-state index contributed by atoms with van der Waals surface area (Å²) in [5.41, 5.74) is -8.33. The van der Waals surface area contributed by atoms with Gasteiger partial charge >= 0.3 is 0 Å². The predicted molar refractivity (Wildman–Crippen MR) is 106 cm³/mol. The van der Waals surface area contributed by atoms with Crippen LogP contribution in [0.1, 0.15) is 19.4 Å². The van der Waals surface area contributed by atoms with Gasteiger partial charge in [0.05, 0.1) is 0 Å². The molecule has 4 nitrogen and oxygen atoms in total. The minimum Gasteiger partial charge on any atom is -0.450 e. The van der Waals surface area contributed by atoms with Gasteiger partial charge in [-0.25, -0.2) is 30.7 Å². The molecule has 4 rings (SSSR count). The summed E-state index contributed by atoms with van der Waals surface area (Å²) in [5, 5.41) is 1.27. The lowest BCUT2D eigenvalue weighted by Crippen LogP contribution is -2.14. The first-order valence-electron chi connectivity index (χ1n) is 9.44. The molecule has 0 unspecified atom stereocenters. The Kier molecular flexibility index (Phi) is 6.45. The Labute approximate surface area is 184 Å². The van der Waals surface area contributed by atoms with Gasteiger partial charge in [0.25, 0.3) is 5.43 Å². The van der Waals surface area contributed by atoms with Gasteiger partial charge in [-0.1, -0.05) is 13.8 Å². The maximum absolute atomic E-state index is 14.8. The average Bonchev–Trinajstić information content (AvgIpc) is 2.82. The van der Waals surface area contributed by atoms with E-state index in [0.29, 0.717) is 12.1 Å². The minimum atomic E-state index is -2.32. The summed E-state index contributed by atoms with van der Waals surface area (Å²) < 4.78 is 119. The first-order valence-corrected chi connectivity index (χ1v) is 9.44. The normalized spacial score (nSPS) is 11.0. The van der Waals surface area contributed by atoms with Gasteiger partial charge < -0.3 is 4.42 Å². The van der Waals surface area contributed by atoms with E-state index in [1.165, 1.54) is 0 Å². The first-order chi connectivity index (χ1) is 16.0. The van der Waals surface area contributed by atoms with Crippen molar-refractivity contribution in [3.8, 4) is 22.5 Å². The van der Waals surface area contributed by atoms with E-state index in [1.54, 1.807) is 0 Å². The van der Waals surface area contributed by atoms with Crippen LogP contribution in [0.15, 0.2) is 26.5 Å². The standard InChI is InChI=1S/C20H5F8NO3.C2H6/c1-4-9(12(24)14(26)13(25)11(4)23)10-5-2-7(21)17(29-31)15(27)19(5)32-20-6(10)3-8(22)18(30)16(20)28;1-2/h2-3H,1H3;1-2H3. The predicted octanol–water partition coefficient (Wildman–Crippen LogP) is 7.41. The third kappa shape index (κ3) is 3.40. The van der Waals surface area contributed by atoms with Gasteiger partial charge in [0, 0.05) is 22.1 Å². The van der Waals surface area contributed by atoms with E-state index in [1.807, 2.05) is 13.8 Å². The van der Waals surface area contributed by atoms with Crippen LogP contribution in [0.4, 0.5) is 40.8 Å². The molecule has 0 fully saturated rings. The average molecular weight is 489 g/mol. The Hall–Kier alpha value is -3.83. The van der Waals surface area contributed by atoms with Gasteiger partial charge in [0.15, 0.2) is 57.8 Å². The highest BCUT2D eigenvalue weighted by Gasteiger charge is 2.32. The topological polar surface area (TPSA) is 59.6 Å². The second-order valence-corrected chi connectivity index (χ2v) is 6.60. The van der Waals surface area contributed by atoms with Crippen LogP contribution in [0.3, 0.4) is 0 Å². The Morgan fingerprint density at radius 3 is 1.91 bits per heavy atom. The van der Waals surface area contributed by atoms with Crippen molar-refractivity contribution < 1.29 is 39.5 Å². The minimum absolute atomic E-state index is 0.290. The van der Waals surface area contributed by atoms with Gasteiger partial charge in [0.1, 0.15) is 0 Å². The van der Waals surface area contributed by atoms with Gasteiger partial charge in [-0.15, -0.1) is 4.91 Å². The van der Waals surface area contributed by atoms with Crippen LogP contribution in [0, 0.1) is 58.4 Å². The van der Waals surface area contributed by atoms with E-state index >= 15 is 0 Å². The monoisotopic (exact) mass is 489 g/mol. The summed E-state index contributed by atoms with van der Waals surface area (Å²) in [6.07, 6.45) is 0. The lowest BCUT2D eigenvalue weighted by molar-refractivity contribution is 0.408. The van der Waals surface area contributed by atoms with E-state index in [-0.39, 0.29) is 0 Å². The molecule has 2 aromatic rings. The number of halogens is 8. The molecule has 0 radical (unpaired) electrons. The summed E-state index contributed by atoms with van der Waals surface area (Å²) in [5.74, 6) is -16.8. The van der Waals surface area contributed by atoms with E-state index < -0.39 is 96.6 Å². The third-order valence-corrected chi connectivity index (χ3v) is 4.87. The molecule has 0 N–H and O–H groups in total. The van der Waals surface area contributed by atoms with Crippen molar-refractivity contribution in [3.05, 3.63) is 79.4 Å². The quantitative estimate of drug-likeness (QED) is 0.0969. The highest BCUT2D eigenvalue weighted by atomic mass is 19.2. The molecule has 0 spiro atoms. The highest BCUT2D eigenvalue weighted by molar-refractivity contribution is 6.03. The molecular weight excluding hydrogens is 478 g/mol. The molecule has 0 bridgehead atoms. The summed E-state index contributed by atoms with van der Waals surface area (Å²) in [7, 11) is 0. The van der Waals surface area contributed by atoms with Crippen LogP contribution >= 0.6 is 0 Å². The van der Waals surface area contributed by atoms with Gasteiger partial charge in [0.2, 0.25) is 5.82 Å². The summed E-state index contributed by atoms with van der Waals surface area (Å²) >= 11 is 0. The molecular formula is C22H11F8NO3.